The van der Waals surface area contributed by atoms with Crippen LogP contribution in [-0.2, 0) is 9.09 Å². The second-order valence-corrected chi connectivity index (χ2v) is 11.7. The Morgan fingerprint density at radius 1 is 1.05 bits per heavy atom. The van der Waals surface area contributed by atoms with E-state index in [0.717, 1.165) is 56.5 Å². The molecule has 0 spiro atoms. The summed E-state index contributed by atoms with van der Waals surface area (Å²) in [5.41, 5.74) is 1.79. The fourth-order valence-electron chi connectivity index (χ4n) is 4.96. The number of benzene rings is 2. The zero-order chi connectivity index (χ0) is 25.9. The highest BCUT2D eigenvalue weighted by atomic mass is 32.1. The fourth-order valence-corrected chi connectivity index (χ4v) is 6.16. The van der Waals surface area contributed by atoms with Gasteiger partial charge in [-0.1, -0.05) is 6.07 Å². The Kier molecular flexibility index (Phi) is 7.67. The van der Waals surface area contributed by atoms with E-state index in [-0.39, 0.29) is 12.3 Å². The summed E-state index contributed by atoms with van der Waals surface area (Å²) in [5, 5.41) is 4.29. The van der Waals surface area contributed by atoms with Gasteiger partial charge in [-0.25, -0.2) is 9.09 Å². The lowest BCUT2D eigenvalue weighted by Gasteiger charge is -2.45. The van der Waals surface area contributed by atoms with Crippen molar-refractivity contribution in [2.24, 2.45) is 0 Å². The molecule has 0 saturated carbocycles. The number of aromatic amines is 1. The van der Waals surface area contributed by atoms with Crippen molar-refractivity contribution >= 4 is 45.8 Å². The maximum absolute atomic E-state index is 11.6. The average molecular weight is 545 g/mol. The van der Waals surface area contributed by atoms with Crippen LogP contribution in [0.5, 0.6) is 5.75 Å². The van der Waals surface area contributed by atoms with E-state index in [1.807, 2.05) is 18.2 Å². The molecule has 1 aliphatic rings. The predicted octanol–water partition coefficient (Wildman–Crippen LogP) is 4.31. The number of fused-ring (bicyclic) bond motifs is 2. The average Bonchev–Trinajstić information content (AvgIpc) is 3.36. The van der Waals surface area contributed by atoms with Gasteiger partial charge >= 0.3 is 7.82 Å². The fraction of sp³-hybridized carbons (Fsp3) is 0.346. The highest BCUT2D eigenvalue weighted by Crippen LogP contribution is 2.38. The molecule has 0 aliphatic carbocycles. The van der Waals surface area contributed by atoms with Crippen LogP contribution in [0.2, 0.25) is 0 Å². The second kappa shape index (κ2) is 10.9. The normalized spacial score (nSPS) is 15.9. The molecule has 0 atom stereocenters. The summed E-state index contributed by atoms with van der Waals surface area (Å²) in [4.78, 5) is 35.4. The first-order valence-electron chi connectivity index (χ1n) is 12.3. The van der Waals surface area contributed by atoms with Crippen LogP contribution in [0.15, 0.2) is 64.8 Å². The van der Waals surface area contributed by atoms with E-state index in [9.17, 15) is 19.1 Å². The molecule has 37 heavy (non-hydrogen) atoms. The van der Waals surface area contributed by atoms with Crippen LogP contribution in [0, 0.1) is 0 Å². The monoisotopic (exact) mass is 544 g/mol. The van der Waals surface area contributed by atoms with Crippen LogP contribution in [-0.4, -0.2) is 65.3 Å². The topological polar surface area (TPSA) is 112 Å². The van der Waals surface area contributed by atoms with E-state index >= 15 is 0 Å². The molecule has 1 fully saturated rings. The van der Waals surface area contributed by atoms with Crippen molar-refractivity contribution in [2.75, 3.05) is 51.0 Å². The molecule has 4 aromatic rings. The molecule has 11 heteroatoms. The largest absolute Gasteiger partial charge is 0.494 e. The number of piperazine rings is 1. The Bertz CT molecular complexity index is 1470. The molecule has 3 N–H and O–H groups in total. The standard InChI is InChI=1S/C26H30N3O6PS/c30-26-9-7-20-6-8-21(18-23(20)27-26)34-16-2-1-13-29(19-35-36(31,32)33)14-11-28(12-15-29)24-4-3-5-25-22(24)10-17-37-25/h3-10,17-18H,1-2,11-16,19H2,(H2-,27,30,31,32,33)/p+1. The number of aromatic nitrogens is 1. The van der Waals surface area contributed by atoms with Gasteiger partial charge in [0, 0.05) is 27.9 Å². The number of ether oxygens (including phenoxy) is 1. The van der Waals surface area contributed by atoms with Gasteiger partial charge in [0.25, 0.3) is 0 Å². The molecule has 0 amide bonds. The van der Waals surface area contributed by atoms with Crippen molar-refractivity contribution in [3.05, 3.63) is 70.3 Å². The van der Waals surface area contributed by atoms with Crippen LogP contribution in [0.4, 0.5) is 5.69 Å². The summed E-state index contributed by atoms with van der Waals surface area (Å²) in [6.45, 7) is 4.27. The van der Waals surface area contributed by atoms with E-state index in [0.29, 0.717) is 16.8 Å². The quantitative estimate of drug-likeness (QED) is 0.155. The maximum Gasteiger partial charge on any atom is 0.474 e. The summed E-state index contributed by atoms with van der Waals surface area (Å²) >= 11 is 1.73. The molecule has 9 nitrogen and oxygen atoms in total. The number of nitrogens with one attached hydrogen (secondary N) is 1. The third kappa shape index (κ3) is 6.41. The number of pyridine rings is 1. The van der Waals surface area contributed by atoms with Crippen molar-refractivity contribution in [2.45, 2.75) is 12.8 Å². The van der Waals surface area contributed by atoms with Crippen molar-refractivity contribution in [1.29, 1.82) is 0 Å². The number of H-pyrrole nitrogens is 1. The molecule has 2 aromatic heterocycles. The highest BCUT2D eigenvalue weighted by Gasteiger charge is 2.35. The van der Waals surface area contributed by atoms with Crippen molar-refractivity contribution < 1.29 is 28.1 Å². The molecule has 0 unspecified atom stereocenters. The number of rotatable bonds is 10. The third-order valence-electron chi connectivity index (χ3n) is 6.99. The van der Waals surface area contributed by atoms with E-state index < -0.39 is 7.82 Å². The van der Waals surface area contributed by atoms with E-state index in [4.69, 9.17) is 9.26 Å². The highest BCUT2D eigenvalue weighted by molar-refractivity contribution is 7.46. The lowest BCUT2D eigenvalue weighted by Crippen LogP contribution is -2.60. The van der Waals surface area contributed by atoms with Gasteiger partial charge in [0.05, 0.1) is 44.8 Å². The lowest BCUT2D eigenvalue weighted by atomic mass is 10.1. The smallest absolute Gasteiger partial charge is 0.474 e. The van der Waals surface area contributed by atoms with Gasteiger partial charge in [0.2, 0.25) is 5.56 Å². The maximum atomic E-state index is 11.6. The Balaban J connectivity index is 1.18. The van der Waals surface area contributed by atoms with Gasteiger partial charge in [0.15, 0.2) is 6.73 Å². The van der Waals surface area contributed by atoms with E-state index in [1.54, 1.807) is 17.4 Å². The van der Waals surface area contributed by atoms with E-state index in [1.165, 1.54) is 21.8 Å². The molecule has 5 rings (SSSR count). The number of nitrogens with zero attached hydrogens (tertiary/aromatic N) is 2. The summed E-state index contributed by atoms with van der Waals surface area (Å²) in [6.07, 6.45) is 1.62. The van der Waals surface area contributed by atoms with Gasteiger partial charge in [-0.3, -0.25) is 9.28 Å². The summed E-state index contributed by atoms with van der Waals surface area (Å²) < 4.78 is 24.1. The number of quaternary nitrogens is 1. The Morgan fingerprint density at radius 3 is 2.68 bits per heavy atom. The van der Waals surface area contributed by atoms with Crippen molar-refractivity contribution in [3.8, 4) is 5.75 Å². The van der Waals surface area contributed by atoms with Gasteiger partial charge in [-0.15, -0.1) is 11.3 Å². The number of anilines is 1. The minimum atomic E-state index is -4.56. The summed E-state index contributed by atoms with van der Waals surface area (Å²) in [6, 6.07) is 17.4. The number of thiophene rings is 1. The number of hydrogen-bond donors (Lipinski definition) is 3. The van der Waals surface area contributed by atoms with E-state index in [2.05, 4.69) is 39.5 Å². The van der Waals surface area contributed by atoms with Crippen molar-refractivity contribution in [1.82, 2.24) is 4.98 Å². The van der Waals surface area contributed by atoms with Crippen LogP contribution in [0.25, 0.3) is 21.0 Å². The number of unbranched alkanes of at least 4 members (excludes halogenated alkanes) is 1. The zero-order valence-electron chi connectivity index (χ0n) is 20.4. The summed E-state index contributed by atoms with van der Waals surface area (Å²) in [5.74, 6) is 0.694. The van der Waals surface area contributed by atoms with Gasteiger partial charge in [-0.2, -0.15) is 0 Å². The number of phosphoric ester groups is 1. The molecular formula is C26H31N3O6PS+. The van der Waals surface area contributed by atoms with Crippen LogP contribution >= 0.6 is 19.2 Å². The van der Waals surface area contributed by atoms with Gasteiger partial charge in [-0.05, 0) is 60.0 Å². The predicted molar refractivity (Wildman–Crippen MR) is 146 cm³/mol. The Labute approximate surface area is 218 Å². The van der Waals surface area contributed by atoms with Gasteiger partial charge in [0.1, 0.15) is 5.75 Å². The third-order valence-corrected chi connectivity index (χ3v) is 8.33. The van der Waals surface area contributed by atoms with Crippen molar-refractivity contribution in [3.63, 3.8) is 0 Å². The molecular weight excluding hydrogens is 513 g/mol. The zero-order valence-corrected chi connectivity index (χ0v) is 22.1. The molecule has 196 valence electrons. The molecule has 0 radical (unpaired) electrons. The molecule has 2 aromatic carbocycles. The Morgan fingerprint density at radius 2 is 1.86 bits per heavy atom. The number of hydrogen-bond acceptors (Lipinski definition) is 6. The first kappa shape index (κ1) is 25.9. The SMILES string of the molecule is O=c1ccc2ccc(OCCCC[N+]3(COP(=O)(O)O)CCN(c4cccc5sccc45)CC3)cc2[nH]1. The Hall–Kier alpha value is -2.72. The second-order valence-electron chi connectivity index (χ2n) is 9.49. The molecule has 0 bridgehead atoms. The first-order chi connectivity index (χ1) is 17.8. The van der Waals surface area contributed by atoms with Crippen LogP contribution < -0.4 is 15.2 Å². The summed E-state index contributed by atoms with van der Waals surface area (Å²) in [7, 11) is -4.56. The molecule has 1 saturated heterocycles. The minimum Gasteiger partial charge on any atom is -0.494 e. The number of phosphoric acid groups is 1. The minimum absolute atomic E-state index is 0.0142. The molecule has 1 aliphatic heterocycles. The van der Waals surface area contributed by atoms with Crippen LogP contribution in [0.1, 0.15) is 12.8 Å². The first-order valence-corrected chi connectivity index (χ1v) is 14.7. The van der Waals surface area contributed by atoms with Crippen LogP contribution in [0.3, 0.4) is 0 Å². The van der Waals surface area contributed by atoms with Gasteiger partial charge < -0.3 is 24.4 Å². The lowest BCUT2D eigenvalue weighted by molar-refractivity contribution is -0.943. The molecule has 3 heterocycles.